The van der Waals surface area contributed by atoms with E-state index in [1.165, 1.54) is 5.56 Å². The van der Waals surface area contributed by atoms with E-state index in [0.29, 0.717) is 16.3 Å². The van der Waals surface area contributed by atoms with Crippen LogP contribution in [0.2, 0.25) is 5.02 Å². The van der Waals surface area contributed by atoms with E-state index >= 15 is 0 Å². The number of rotatable bonds is 3. The average Bonchev–Trinajstić information content (AvgIpc) is 2.59. The van der Waals surface area contributed by atoms with Crippen molar-refractivity contribution in [2.24, 2.45) is 0 Å². The van der Waals surface area contributed by atoms with Crippen molar-refractivity contribution >= 4 is 23.2 Å². The minimum atomic E-state index is -0.212. The Balaban J connectivity index is 1.83. The highest BCUT2D eigenvalue weighted by atomic mass is 35.5. The van der Waals surface area contributed by atoms with Crippen LogP contribution < -0.4 is 5.32 Å². The first kappa shape index (κ1) is 16.2. The molecular formula is C20H17ClN2O. The highest BCUT2D eigenvalue weighted by Gasteiger charge is 2.09. The van der Waals surface area contributed by atoms with E-state index in [4.69, 9.17) is 11.6 Å². The van der Waals surface area contributed by atoms with Crippen molar-refractivity contribution in [3.63, 3.8) is 0 Å². The molecule has 3 nitrogen and oxygen atoms in total. The molecular weight excluding hydrogens is 320 g/mol. The fraction of sp³-hybridized carbons (Fsp3) is 0.100. The molecule has 4 heteroatoms. The zero-order valence-corrected chi connectivity index (χ0v) is 14.3. The van der Waals surface area contributed by atoms with Gasteiger partial charge in [-0.1, -0.05) is 47.5 Å². The van der Waals surface area contributed by atoms with E-state index in [0.717, 1.165) is 16.7 Å². The van der Waals surface area contributed by atoms with E-state index in [1.54, 1.807) is 18.5 Å². The lowest BCUT2D eigenvalue weighted by atomic mass is 10.0. The Bertz CT molecular complexity index is 888. The summed E-state index contributed by atoms with van der Waals surface area (Å²) in [6.45, 7) is 3.96. The smallest absolute Gasteiger partial charge is 0.257 e. The fourth-order valence-corrected chi connectivity index (χ4v) is 2.52. The Hall–Kier alpha value is -2.65. The third-order valence-corrected chi connectivity index (χ3v) is 4.22. The van der Waals surface area contributed by atoms with Gasteiger partial charge in [0.1, 0.15) is 0 Å². The van der Waals surface area contributed by atoms with E-state index < -0.39 is 0 Å². The molecule has 0 fully saturated rings. The van der Waals surface area contributed by atoms with E-state index in [9.17, 15) is 4.79 Å². The Morgan fingerprint density at radius 2 is 1.71 bits per heavy atom. The monoisotopic (exact) mass is 336 g/mol. The van der Waals surface area contributed by atoms with Gasteiger partial charge in [0.15, 0.2) is 0 Å². The van der Waals surface area contributed by atoms with Gasteiger partial charge in [0.25, 0.3) is 5.91 Å². The van der Waals surface area contributed by atoms with Crippen LogP contribution in [0.5, 0.6) is 0 Å². The van der Waals surface area contributed by atoms with Gasteiger partial charge in [0.05, 0.1) is 5.56 Å². The molecule has 3 aromatic rings. The number of benzene rings is 2. The minimum absolute atomic E-state index is 0.212. The van der Waals surface area contributed by atoms with Gasteiger partial charge in [0.2, 0.25) is 0 Å². The van der Waals surface area contributed by atoms with Crippen molar-refractivity contribution in [3.05, 3.63) is 82.6 Å². The van der Waals surface area contributed by atoms with Crippen LogP contribution in [-0.2, 0) is 0 Å². The van der Waals surface area contributed by atoms with Crippen LogP contribution in [0.25, 0.3) is 11.1 Å². The van der Waals surface area contributed by atoms with Crippen molar-refractivity contribution in [1.29, 1.82) is 0 Å². The zero-order chi connectivity index (χ0) is 17.1. The summed E-state index contributed by atoms with van der Waals surface area (Å²) < 4.78 is 0. The van der Waals surface area contributed by atoms with Gasteiger partial charge in [-0.3, -0.25) is 9.78 Å². The summed E-state index contributed by atoms with van der Waals surface area (Å²) in [6, 6.07) is 15.4. The number of pyridine rings is 1. The number of carbonyl (C=O) groups is 1. The molecule has 0 bridgehead atoms. The van der Waals surface area contributed by atoms with Crippen molar-refractivity contribution in [1.82, 2.24) is 4.98 Å². The maximum Gasteiger partial charge on any atom is 0.257 e. The lowest BCUT2D eigenvalue weighted by Gasteiger charge is -2.08. The van der Waals surface area contributed by atoms with Crippen LogP contribution in [0.15, 0.2) is 60.9 Å². The summed E-state index contributed by atoms with van der Waals surface area (Å²) in [5, 5.41) is 3.48. The summed E-state index contributed by atoms with van der Waals surface area (Å²) in [7, 11) is 0. The molecule has 1 N–H and O–H groups in total. The van der Waals surface area contributed by atoms with Gasteiger partial charge in [-0.05, 0) is 43.2 Å². The number of anilines is 1. The van der Waals surface area contributed by atoms with Crippen LogP contribution in [-0.4, -0.2) is 10.9 Å². The second-order valence-electron chi connectivity index (χ2n) is 5.75. The number of hydrogen-bond donors (Lipinski definition) is 1. The van der Waals surface area contributed by atoms with Gasteiger partial charge >= 0.3 is 0 Å². The number of carbonyl (C=O) groups excluding carboxylic acids is 1. The molecule has 0 saturated heterocycles. The van der Waals surface area contributed by atoms with Crippen LogP contribution in [0.3, 0.4) is 0 Å². The lowest BCUT2D eigenvalue weighted by Crippen LogP contribution is -2.12. The molecule has 3 rings (SSSR count). The number of amides is 1. The van der Waals surface area contributed by atoms with Crippen molar-refractivity contribution in [2.75, 3.05) is 5.32 Å². The van der Waals surface area contributed by atoms with Crippen molar-refractivity contribution < 1.29 is 4.79 Å². The topological polar surface area (TPSA) is 42.0 Å². The molecule has 0 aliphatic carbocycles. The molecule has 1 amide bonds. The van der Waals surface area contributed by atoms with Crippen LogP contribution in [0.4, 0.5) is 5.69 Å². The first-order valence-corrected chi connectivity index (χ1v) is 8.00. The molecule has 0 spiro atoms. The predicted molar refractivity (Wildman–Crippen MR) is 98.6 cm³/mol. The van der Waals surface area contributed by atoms with Crippen LogP contribution in [0.1, 0.15) is 21.5 Å². The summed E-state index contributed by atoms with van der Waals surface area (Å²) in [5.74, 6) is -0.212. The average molecular weight is 337 g/mol. The number of hydrogen-bond acceptors (Lipinski definition) is 2. The molecule has 24 heavy (non-hydrogen) atoms. The van der Waals surface area contributed by atoms with Crippen molar-refractivity contribution in [2.45, 2.75) is 13.8 Å². The molecule has 0 radical (unpaired) electrons. The number of nitrogens with zero attached hydrogens (tertiary/aromatic N) is 1. The van der Waals surface area contributed by atoms with Gasteiger partial charge in [-0.2, -0.15) is 0 Å². The molecule has 1 aromatic heterocycles. The first-order valence-electron chi connectivity index (χ1n) is 7.62. The summed E-state index contributed by atoms with van der Waals surface area (Å²) in [5.41, 5.74) is 5.27. The fourth-order valence-electron chi connectivity index (χ4n) is 2.34. The van der Waals surface area contributed by atoms with E-state index in [-0.39, 0.29) is 5.91 Å². The maximum atomic E-state index is 12.5. The van der Waals surface area contributed by atoms with E-state index in [1.807, 2.05) is 56.3 Å². The Morgan fingerprint density at radius 3 is 2.42 bits per heavy atom. The minimum Gasteiger partial charge on any atom is -0.322 e. The molecule has 0 saturated carbocycles. The molecule has 120 valence electrons. The largest absolute Gasteiger partial charge is 0.322 e. The molecule has 2 aromatic carbocycles. The number of aromatic nitrogens is 1. The van der Waals surface area contributed by atoms with Gasteiger partial charge in [-0.25, -0.2) is 0 Å². The first-order chi connectivity index (χ1) is 11.5. The Kier molecular flexibility index (Phi) is 4.63. The lowest BCUT2D eigenvalue weighted by molar-refractivity contribution is 0.102. The number of nitrogens with one attached hydrogen (secondary N) is 1. The third kappa shape index (κ3) is 3.63. The van der Waals surface area contributed by atoms with Crippen molar-refractivity contribution in [3.8, 4) is 11.1 Å². The zero-order valence-electron chi connectivity index (χ0n) is 13.5. The Labute approximate surface area is 146 Å². The second-order valence-corrected chi connectivity index (χ2v) is 6.15. The maximum absolute atomic E-state index is 12.5. The quantitative estimate of drug-likeness (QED) is 0.707. The van der Waals surface area contributed by atoms with Gasteiger partial charge < -0.3 is 5.32 Å². The van der Waals surface area contributed by atoms with Gasteiger partial charge in [-0.15, -0.1) is 0 Å². The SMILES string of the molecule is Cc1ccc(-c2cncc(C(=O)Nc3ccc(C)c(Cl)c3)c2)cc1. The van der Waals surface area contributed by atoms with Crippen LogP contribution in [0, 0.1) is 13.8 Å². The predicted octanol–water partition coefficient (Wildman–Crippen LogP) is 5.27. The summed E-state index contributed by atoms with van der Waals surface area (Å²) in [4.78, 5) is 16.6. The second kappa shape index (κ2) is 6.85. The molecule has 0 unspecified atom stereocenters. The highest BCUT2D eigenvalue weighted by Crippen LogP contribution is 2.22. The molecule has 0 aliphatic rings. The third-order valence-electron chi connectivity index (χ3n) is 3.82. The Morgan fingerprint density at radius 1 is 0.958 bits per heavy atom. The molecule has 0 aliphatic heterocycles. The van der Waals surface area contributed by atoms with Crippen LogP contribution >= 0.6 is 11.6 Å². The van der Waals surface area contributed by atoms with E-state index in [2.05, 4.69) is 10.3 Å². The number of aryl methyl sites for hydroxylation is 2. The summed E-state index contributed by atoms with van der Waals surface area (Å²) >= 11 is 6.10. The molecule has 0 atom stereocenters. The normalized spacial score (nSPS) is 10.5. The standard InChI is InChI=1S/C20H17ClN2O/c1-13-3-6-15(7-4-13)16-9-17(12-22-11-16)20(24)23-18-8-5-14(2)19(21)10-18/h3-12H,1-2H3,(H,23,24). The van der Waals surface area contributed by atoms with Gasteiger partial charge in [0, 0.05) is 28.7 Å². The number of halogens is 1. The summed E-state index contributed by atoms with van der Waals surface area (Å²) in [6.07, 6.45) is 3.31. The highest BCUT2D eigenvalue weighted by molar-refractivity contribution is 6.31. The molecule has 1 heterocycles.